The van der Waals surface area contributed by atoms with Crippen molar-refractivity contribution in [3.63, 3.8) is 0 Å². The summed E-state index contributed by atoms with van der Waals surface area (Å²) in [7, 11) is 5.95. The average molecular weight is 1340 g/mol. The lowest BCUT2D eigenvalue weighted by Gasteiger charge is -2.26. The molecule has 0 radical (unpaired) electrons. The van der Waals surface area contributed by atoms with Gasteiger partial charge in [-0.05, 0) is 77.0 Å². The average Bonchev–Trinajstić information content (AvgIpc) is 2.86. The first-order valence-electron chi connectivity index (χ1n) is 41.8. The van der Waals surface area contributed by atoms with Crippen LogP contribution in [0.1, 0.15) is 425 Å². The van der Waals surface area contributed by atoms with Gasteiger partial charge in [0.05, 0.1) is 40.3 Å². The third-order valence-electron chi connectivity index (χ3n) is 19.0. The van der Waals surface area contributed by atoms with Crippen molar-refractivity contribution in [1.29, 1.82) is 0 Å². The molecular weight excluding hydrogens is 1170 g/mol. The maximum absolute atomic E-state index is 13.0. The van der Waals surface area contributed by atoms with Crippen LogP contribution in [0, 0.1) is 0 Å². The number of carbonyl (C=O) groups excluding carboxylic acids is 3. The summed E-state index contributed by atoms with van der Waals surface area (Å²) in [5, 5.41) is 11.9. The summed E-state index contributed by atoms with van der Waals surface area (Å²) in [6.07, 6.45) is 98.3. The van der Waals surface area contributed by atoms with Crippen molar-refractivity contribution in [1.82, 2.24) is 0 Å². The molecule has 0 rings (SSSR count). The van der Waals surface area contributed by atoms with Crippen molar-refractivity contribution in [3.8, 4) is 0 Å². The second-order valence-electron chi connectivity index (χ2n) is 29.8. The first kappa shape index (κ1) is 92.2. The molecular formula is C86H161NO8. The molecule has 2 atom stereocenters. The first-order valence-corrected chi connectivity index (χ1v) is 41.8. The van der Waals surface area contributed by atoms with Crippen LogP contribution in [0.4, 0.5) is 0 Å². The van der Waals surface area contributed by atoms with Gasteiger partial charge in [0, 0.05) is 12.8 Å². The van der Waals surface area contributed by atoms with Crippen LogP contribution in [0.3, 0.4) is 0 Å². The maximum atomic E-state index is 13.0. The molecule has 0 aromatic rings. The fourth-order valence-corrected chi connectivity index (χ4v) is 12.7. The van der Waals surface area contributed by atoms with Crippen LogP contribution in [0.15, 0.2) is 48.6 Å². The number of carbonyl (C=O) groups is 3. The Morgan fingerprint density at radius 3 is 0.853 bits per heavy atom. The Morgan fingerprint density at radius 1 is 0.316 bits per heavy atom. The lowest BCUT2D eigenvalue weighted by atomic mass is 10.0. The van der Waals surface area contributed by atoms with E-state index in [-0.39, 0.29) is 32.2 Å². The van der Waals surface area contributed by atoms with Crippen LogP contribution in [0.2, 0.25) is 0 Å². The predicted molar refractivity (Wildman–Crippen MR) is 408 cm³/mol. The summed E-state index contributed by atoms with van der Waals surface area (Å²) in [6.45, 7) is 4.81. The minimum Gasteiger partial charge on any atom is -0.545 e. The van der Waals surface area contributed by atoms with E-state index in [0.717, 1.165) is 44.9 Å². The molecule has 0 fully saturated rings. The third-order valence-corrected chi connectivity index (χ3v) is 19.0. The molecule has 0 spiro atoms. The van der Waals surface area contributed by atoms with E-state index in [1.165, 1.54) is 347 Å². The molecule has 0 saturated carbocycles. The first-order chi connectivity index (χ1) is 46.6. The molecule has 2 unspecified atom stereocenters. The van der Waals surface area contributed by atoms with E-state index < -0.39 is 24.3 Å². The predicted octanol–water partition coefficient (Wildman–Crippen LogP) is 25.5. The molecule has 0 aliphatic rings. The van der Waals surface area contributed by atoms with Crippen LogP contribution in [0.5, 0.6) is 0 Å². The molecule has 0 saturated heterocycles. The number of unbranched alkanes of at least 4 members (excludes halogenated alkanes) is 56. The monoisotopic (exact) mass is 1340 g/mol. The fourth-order valence-electron chi connectivity index (χ4n) is 12.7. The second-order valence-corrected chi connectivity index (χ2v) is 29.8. The zero-order valence-corrected chi connectivity index (χ0v) is 64.1. The Balaban J connectivity index is 3.92. The Bertz CT molecular complexity index is 1700. The Labute approximate surface area is 591 Å². The number of likely N-dealkylation sites (N-methyl/N-ethyl adjacent to an activating group) is 1. The highest BCUT2D eigenvalue weighted by molar-refractivity contribution is 5.70. The lowest BCUT2D eigenvalue weighted by molar-refractivity contribution is -0.870. The zero-order chi connectivity index (χ0) is 69.0. The van der Waals surface area contributed by atoms with Crippen LogP contribution in [-0.2, 0) is 33.3 Å². The normalized spacial score (nSPS) is 12.8. The maximum Gasteiger partial charge on any atom is 0.306 e. The van der Waals surface area contributed by atoms with Gasteiger partial charge in [0.2, 0.25) is 0 Å². The topological polar surface area (TPSA) is 111 Å². The van der Waals surface area contributed by atoms with Gasteiger partial charge in [-0.1, -0.05) is 383 Å². The van der Waals surface area contributed by atoms with Gasteiger partial charge in [0.1, 0.15) is 13.2 Å². The SMILES string of the molecule is CCCCCCC/C=C\C/C=C\C/C=C\CCCCCCCCCCCCCCCCC(=O)OC(COC(=O)CCCCCCCCCCCCCCCCCCCCCCCCCCCCCCC/C=C\CCCCCCCCCC)COC(OCC[N+](C)(C)C)C(=O)[O-]. The van der Waals surface area contributed by atoms with E-state index in [1.807, 2.05) is 21.1 Å². The van der Waals surface area contributed by atoms with Crippen molar-refractivity contribution >= 4 is 17.9 Å². The van der Waals surface area contributed by atoms with Crippen molar-refractivity contribution in [2.24, 2.45) is 0 Å². The minimum absolute atomic E-state index is 0.149. The van der Waals surface area contributed by atoms with Crippen molar-refractivity contribution in [3.05, 3.63) is 48.6 Å². The third kappa shape index (κ3) is 78.5. The molecule has 9 nitrogen and oxygen atoms in total. The molecule has 0 aromatic carbocycles. The van der Waals surface area contributed by atoms with Gasteiger partial charge in [-0.3, -0.25) is 9.59 Å². The number of hydrogen-bond acceptors (Lipinski definition) is 8. The van der Waals surface area contributed by atoms with E-state index in [9.17, 15) is 19.5 Å². The number of hydrogen-bond donors (Lipinski definition) is 0. The molecule has 0 N–H and O–H groups in total. The van der Waals surface area contributed by atoms with Crippen molar-refractivity contribution in [2.45, 2.75) is 437 Å². The van der Waals surface area contributed by atoms with Crippen LogP contribution >= 0.6 is 0 Å². The van der Waals surface area contributed by atoms with Crippen LogP contribution < -0.4 is 5.11 Å². The summed E-state index contributed by atoms with van der Waals surface area (Å²) >= 11 is 0. The van der Waals surface area contributed by atoms with E-state index in [0.29, 0.717) is 23.9 Å². The molecule has 0 heterocycles. The Morgan fingerprint density at radius 2 is 0.568 bits per heavy atom. The van der Waals surface area contributed by atoms with Gasteiger partial charge in [-0.15, -0.1) is 0 Å². The molecule has 0 aromatic heterocycles. The number of allylic oxidation sites excluding steroid dienone is 8. The van der Waals surface area contributed by atoms with E-state index in [2.05, 4.69) is 62.5 Å². The highest BCUT2D eigenvalue weighted by Crippen LogP contribution is 2.20. The quantitative estimate of drug-likeness (QED) is 0.0195. The number of esters is 2. The Kier molecular flexibility index (Phi) is 74.8. The van der Waals surface area contributed by atoms with Crippen LogP contribution in [0.25, 0.3) is 0 Å². The van der Waals surface area contributed by atoms with E-state index >= 15 is 0 Å². The van der Waals surface area contributed by atoms with Crippen molar-refractivity contribution in [2.75, 3.05) is 47.5 Å². The summed E-state index contributed by atoms with van der Waals surface area (Å²) in [4.78, 5) is 37.6. The number of carboxylic acid groups (broad SMARTS) is 1. The van der Waals surface area contributed by atoms with Gasteiger partial charge < -0.3 is 33.3 Å². The number of ether oxygens (including phenoxy) is 4. The summed E-state index contributed by atoms with van der Waals surface area (Å²) in [6, 6.07) is 0. The van der Waals surface area contributed by atoms with Gasteiger partial charge in [0.25, 0.3) is 0 Å². The number of nitrogens with zero attached hydrogens (tertiary/aromatic N) is 1. The highest BCUT2D eigenvalue weighted by atomic mass is 16.7. The van der Waals surface area contributed by atoms with Crippen LogP contribution in [-0.4, -0.2) is 82.3 Å². The van der Waals surface area contributed by atoms with E-state index in [4.69, 9.17) is 18.9 Å². The lowest BCUT2D eigenvalue weighted by Crippen LogP contribution is -2.44. The molecule has 0 bridgehead atoms. The molecule has 9 heteroatoms. The van der Waals surface area contributed by atoms with Crippen molar-refractivity contribution < 1.29 is 42.9 Å². The second kappa shape index (κ2) is 77.0. The van der Waals surface area contributed by atoms with Gasteiger partial charge in [0.15, 0.2) is 12.4 Å². The molecule has 558 valence electrons. The standard InChI is InChI=1S/C86H161NO8/c1-6-8-10-12-14-16-18-20-22-24-26-28-30-32-34-36-37-38-39-40-41-42-43-44-45-46-47-49-50-52-54-56-58-60-62-64-66-68-70-72-74-76-83(88)93-80-82(81-94-86(85(90)91)92-79-78-87(3,4)5)95-84(89)77-75-73-71-69-67-65-63-61-59-57-55-53-51-48-35-33-31-29-27-25-23-21-19-17-15-13-11-9-7-2/h19,21,24-27,31,33,82,86H,6-18,20,22-23,28-30,32,34-81H2,1-5H3/b21-19-,26-24-,27-25-,33-31-. The molecule has 0 aliphatic heterocycles. The molecule has 0 amide bonds. The fraction of sp³-hybridized carbons (Fsp3) is 0.872. The minimum atomic E-state index is -1.62. The number of carboxylic acids is 1. The summed E-state index contributed by atoms with van der Waals surface area (Å²) < 4.78 is 22.9. The highest BCUT2D eigenvalue weighted by Gasteiger charge is 2.22. The Hall–Kier alpha value is -2.75. The van der Waals surface area contributed by atoms with E-state index in [1.54, 1.807) is 0 Å². The molecule has 0 aliphatic carbocycles. The number of rotatable bonds is 79. The van der Waals surface area contributed by atoms with Gasteiger partial charge in [-0.2, -0.15) is 0 Å². The summed E-state index contributed by atoms with van der Waals surface area (Å²) in [5.41, 5.74) is 0. The van der Waals surface area contributed by atoms with Gasteiger partial charge >= 0.3 is 11.9 Å². The smallest absolute Gasteiger partial charge is 0.306 e. The zero-order valence-electron chi connectivity index (χ0n) is 64.1. The summed E-state index contributed by atoms with van der Waals surface area (Å²) in [5.74, 6) is -2.25. The largest absolute Gasteiger partial charge is 0.545 e. The molecule has 95 heavy (non-hydrogen) atoms. The van der Waals surface area contributed by atoms with Gasteiger partial charge in [-0.25, -0.2) is 0 Å². The number of aliphatic carboxylic acids is 1. The number of quaternary nitrogens is 1.